The van der Waals surface area contributed by atoms with Crippen molar-refractivity contribution in [3.05, 3.63) is 65.0 Å². The fourth-order valence-corrected chi connectivity index (χ4v) is 2.72. The van der Waals surface area contributed by atoms with Crippen molar-refractivity contribution in [3.8, 4) is 0 Å². The van der Waals surface area contributed by atoms with Gasteiger partial charge in [0.1, 0.15) is 5.82 Å². The standard InChI is InChI=1S/C21H27FN4O/c1-4-23-21(24-11-10-18-8-9-19(22)12-15(18)2)25-14-17-6-5-7-20(13-17)26-16(3)27/h5-9,12-13H,4,10-11,14H2,1-3H3,(H,26,27)(H2,23,24,25). The number of aryl methyl sites for hydroxylation is 1. The Kier molecular flexibility index (Phi) is 7.79. The molecule has 27 heavy (non-hydrogen) atoms. The summed E-state index contributed by atoms with van der Waals surface area (Å²) in [6.07, 6.45) is 0.786. The van der Waals surface area contributed by atoms with Crippen LogP contribution in [0, 0.1) is 12.7 Å². The number of hydrogen-bond acceptors (Lipinski definition) is 2. The molecule has 3 N–H and O–H groups in total. The van der Waals surface area contributed by atoms with Crippen LogP contribution in [0.3, 0.4) is 0 Å². The number of anilines is 1. The van der Waals surface area contributed by atoms with Gasteiger partial charge in [-0.3, -0.25) is 4.79 Å². The maximum Gasteiger partial charge on any atom is 0.221 e. The number of halogens is 1. The fourth-order valence-electron chi connectivity index (χ4n) is 2.72. The molecular weight excluding hydrogens is 343 g/mol. The molecule has 0 aliphatic rings. The van der Waals surface area contributed by atoms with Crippen LogP contribution in [0.4, 0.5) is 10.1 Å². The van der Waals surface area contributed by atoms with Crippen LogP contribution in [0.2, 0.25) is 0 Å². The third kappa shape index (κ3) is 7.09. The lowest BCUT2D eigenvalue weighted by atomic mass is 10.1. The van der Waals surface area contributed by atoms with Gasteiger partial charge < -0.3 is 16.0 Å². The lowest BCUT2D eigenvalue weighted by molar-refractivity contribution is -0.114. The van der Waals surface area contributed by atoms with Crippen molar-refractivity contribution in [1.29, 1.82) is 0 Å². The van der Waals surface area contributed by atoms with E-state index >= 15 is 0 Å². The van der Waals surface area contributed by atoms with Crippen molar-refractivity contribution in [1.82, 2.24) is 10.6 Å². The number of nitrogens with one attached hydrogen (secondary N) is 3. The molecule has 1 amide bonds. The van der Waals surface area contributed by atoms with Crippen molar-refractivity contribution in [3.63, 3.8) is 0 Å². The predicted octanol–water partition coefficient (Wildman–Crippen LogP) is 3.39. The third-order valence-electron chi connectivity index (χ3n) is 4.00. The molecule has 0 spiro atoms. The molecule has 0 radical (unpaired) electrons. The summed E-state index contributed by atoms with van der Waals surface area (Å²) in [5.41, 5.74) is 3.84. The molecule has 2 rings (SSSR count). The third-order valence-corrected chi connectivity index (χ3v) is 4.00. The predicted molar refractivity (Wildman–Crippen MR) is 108 cm³/mol. The summed E-state index contributed by atoms with van der Waals surface area (Å²) in [6.45, 7) is 7.37. The first-order valence-electron chi connectivity index (χ1n) is 9.11. The second kappa shape index (κ2) is 10.3. The summed E-state index contributed by atoms with van der Waals surface area (Å²) in [4.78, 5) is 15.8. The number of guanidine groups is 1. The number of nitrogens with zero attached hydrogens (tertiary/aromatic N) is 1. The first-order valence-corrected chi connectivity index (χ1v) is 9.11. The first-order chi connectivity index (χ1) is 13.0. The lowest BCUT2D eigenvalue weighted by Crippen LogP contribution is -2.38. The highest BCUT2D eigenvalue weighted by Crippen LogP contribution is 2.12. The van der Waals surface area contributed by atoms with E-state index in [0.717, 1.165) is 41.3 Å². The van der Waals surface area contributed by atoms with Crippen LogP contribution in [0.1, 0.15) is 30.5 Å². The summed E-state index contributed by atoms with van der Waals surface area (Å²) in [5.74, 6) is 0.421. The van der Waals surface area contributed by atoms with Gasteiger partial charge in [-0.2, -0.15) is 0 Å². The molecule has 0 atom stereocenters. The maximum atomic E-state index is 13.2. The monoisotopic (exact) mass is 370 g/mol. The van der Waals surface area contributed by atoms with E-state index < -0.39 is 0 Å². The molecule has 0 unspecified atom stereocenters. The Hall–Kier alpha value is -2.89. The van der Waals surface area contributed by atoms with Crippen molar-refractivity contribution >= 4 is 17.6 Å². The zero-order valence-electron chi connectivity index (χ0n) is 16.1. The van der Waals surface area contributed by atoms with Crippen molar-refractivity contribution in [2.24, 2.45) is 4.99 Å². The van der Waals surface area contributed by atoms with Gasteiger partial charge >= 0.3 is 0 Å². The number of amides is 1. The van der Waals surface area contributed by atoms with E-state index in [1.165, 1.54) is 13.0 Å². The normalized spacial score (nSPS) is 11.2. The Morgan fingerprint density at radius 2 is 1.96 bits per heavy atom. The number of carbonyl (C=O) groups is 1. The first kappa shape index (κ1) is 20.4. The number of benzene rings is 2. The van der Waals surface area contributed by atoms with Gasteiger partial charge in [0.25, 0.3) is 0 Å². The Morgan fingerprint density at radius 3 is 2.67 bits per heavy atom. The van der Waals surface area contributed by atoms with Crippen LogP contribution in [0.15, 0.2) is 47.5 Å². The van der Waals surface area contributed by atoms with E-state index in [2.05, 4.69) is 20.9 Å². The molecule has 5 nitrogen and oxygen atoms in total. The van der Waals surface area contributed by atoms with Crippen LogP contribution in [0.25, 0.3) is 0 Å². The molecule has 0 aromatic heterocycles. The van der Waals surface area contributed by atoms with Crippen LogP contribution >= 0.6 is 0 Å². The fraction of sp³-hybridized carbons (Fsp3) is 0.333. The Labute approximate surface area is 160 Å². The Morgan fingerprint density at radius 1 is 1.15 bits per heavy atom. The molecule has 0 saturated heterocycles. The van der Waals surface area contributed by atoms with E-state index in [4.69, 9.17) is 0 Å². The second-order valence-electron chi connectivity index (χ2n) is 6.32. The quantitative estimate of drug-likeness (QED) is 0.517. The van der Waals surface area contributed by atoms with Gasteiger partial charge in [0, 0.05) is 25.7 Å². The van der Waals surface area contributed by atoms with Gasteiger partial charge in [-0.05, 0) is 61.2 Å². The summed E-state index contributed by atoms with van der Waals surface area (Å²) in [5, 5.41) is 9.30. The minimum atomic E-state index is -0.208. The van der Waals surface area contributed by atoms with E-state index in [1.54, 1.807) is 6.07 Å². The molecule has 0 heterocycles. The Bertz CT molecular complexity index is 805. The van der Waals surface area contributed by atoms with Gasteiger partial charge in [0.05, 0.1) is 6.54 Å². The molecule has 0 aliphatic carbocycles. The summed E-state index contributed by atoms with van der Waals surface area (Å²) >= 11 is 0. The highest BCUT2D eigenvalue weighted by atomic mass is 19.1. The largest absolute Gasteiger partial charge is 0.357 e. The van der Waals surface area contributed by atoms with E-state index in [0.29, 0.717) is 13.1 Å². The molecule has 0 bridgehead atoms. The second-order valence-corrected chi connectivity index (χ2v) is 6.32. The van der Waals surface area contributed by atoms with Gasteiger partial charge in [-0.25, -0.2) is 9.38 Å². The minimum absolute atomic E-state index is 0.0956. The molecule has 144 valence electrons. The van der Waals surface area contributed by atoms with E-state index in [9.17, 15) is 9.18 Å². The van der Waals surface area contributed by atoms with Crippen LogP contribution < -0.4 is 16.0 Å². The zero-order valence-corrected chi connectivity index (χ0v) is 16.1. The molecular formula is C21H27FN4O. The van der Waals surface area contributed by atoms with Gasteiger partial charge in [0.2, 0.25) is 5.91 Å². The minimum Gasteiger partial charge on any atom is -0.357 e. The maximum absolute atomic E-state index is 13.2. The molecule has 0 aliphatic heterocycles. The topological polar surface area (TPSA) is 65.5 Å². The molecule has 6 heteroatoms. The van der Waals surface area contributed by atoms with Crippen molar-refractivity contribution in [2.75, 3.05) is 18.4 Å². The number of hydrogen-bond donors (Lipinski definition) is 3. The molecule has 2 aromatic carbocycles. The average Bonchev–Trinajstić information content (AvgIpc) is 2.61. The molecule has 0 saturated carbocycles. The lowest BCUT2D eigenvalue weighted by Gasteiger charge is -2.12. The van der Waals surface area contributed by atoms with Gasteiger partial charge in [-0.15, -0.1) is 0 Å². The Balaban J connectivity index is 1.94. The highest BCUT2D eigenvalue weighted by molar-refractivity contribution is 5.88. The average molecular weight is 370 g/mol. The van der Waals surface area contributed by atoms with E-state index in [1.807, 2.05) is 44.2 Å². The number of carbonyl (C=O) groups excluding carboxylic acids is 1. The number of aliphatic imine (C=N–C) groups is 1. The molecule has 0 fully saturated rings. The summed E-state index contributed by atoms with van der Waals surface area (Å²) in [7, 11) is 0. The zero-order chi connectivity index (χ0) is 19.6. The highest BCUT2D eigenvalue weighted by Gasteiger charge is 2.03. The van der Waals surface area contributed by atoms with Gasteiger partial charge in [0.15, 0.2) is 5.96 Å². The summed E-state index contributed by atoms with van der Waals surface area (Å²) < 4.78 is 13.2. The van der Waals surface area contributed by atoms with Crippen molar-refractivity contribution in [2.45, 2.75) is 33.7 Å². The SMILES string of the molecule is CCNC(=NCc1cccc(NC(C)=O)c1)NCCc1ccc(F)cc1C. The van der Waals surface area contributed by atoms with Gasteiger partial charge in [-0.1, -0.05) is 18.2 Å². The van der Waals surface area contributed by atoms with Crippen LogP contribution in [-0.2, 0) is 17.8 Å². The van der Waals surface area contributed by atoms with Crippen LogP contribution in [0.5, 0.6) is 0 Å². The smallest absolute Gasteiger partial charge is 0.221 e. The van der Waals surface area contributed by atoms with Crippen LogP contribution in [-0.4, -0.2) is 25.0 Å². The summed E-state index contributed by atoms with van der Waals surface area (Å²) in [6, 6.07) is 12.5. The molecule has 2 aromatic rings. The number of rotatable bonds is 7. The van der Waals surface area contributed by atoms with Crippen molar-refractivity contribution < 1.29 is 9.18 Å². The van der Waals surface area contributed by atoms with E-state index in [-0.39, 0.29) is 11.7 Å².